The van der Waals surface area contributed by atoms with Gasteiger partial charge in [-0.05, 0) is 30.3 Å². The summed E-state index contributed by atoms with van der Waals surface area (Å²) in [5.41, 5.74) is 0.966. The first-order chi connectivity index (χ1) is 12.4. The molecule has 0 aliphatic carbocycles. The molecule has 1 aliphatic heterocycles. The maximum absolute atomic E-state index is 13.3. The molecule has 0 aromatic heterocycles. The number of carbonyl (C=O) groups excluding carboxylic acids is 1. The maximum Gasteiger partial charge on any atom is 0.259 e. The van der Waals surface area contributed by atoms with Gasteiger partial charge in [0.1, 0.15) is 11.5 Å². The third kappa shape index (κ3) is 3.72. The molecule has 2 aromatic carbocycles. The van der Waals surface area contributed by atoms with E-state index in [4.69, 9.17) is 9.47 Å². The van der Waals surface area contributed by atoms with Crippen LogP contribution in [0.5, 0.6) is 11.5 Å². The molecule has 26 heavy (non-hydrogen) atoms. The summed E-state index contributed by atoms with van der Waals surface area (Å²) in [7, 11) is -0.305. The highest BCUT2D eigenvalue weighted by molar-refractivity contribution is 7.94. The summed E-state index contributed by atoms with van der Waals surface area (Å²) >= 11 is 0. The number of anilines is 1. The van der Waals surface area contributed by atoms with Crippen LogP contribution in [0.3, 0.4) is 0 Å². The Bertz CT molecular complexity index is 915. The molecule has 1 atom stereocenters. The van der Waals surface area contributed by atoms with Crippen molar-refractivity contribution in [1.29, 1.82) is 0 Å². The summed E-state index contributed by atoms with van der Waals surface area (Å²) in [6.45, 7) is 0. The first-order valence-electron chi connectivity index (χ1n) is 7.96. The number of methoxy groups -OCH3 is 2. The quantitative estimate of drug-likeness (QED) is 0.806. The summed E-state index contributed by atoms with van der Waals surface area (Å²) in [6.07, 6.45) is 1.54. The predicted octanol–water partition coefficient (Wildman–Crippen LogP) is 2.66. The summed E-state index contributed by atoms with van der Waals surface area (Å²) < 4.78 is 34.2. The maximum atomic E-state index is 13.3. The van der Waals surface area contributed by atoms with Gasteiger partial charge in [0.05, 0.1) is 26.0 Å². The van der Waals surface area contributed by atoms with E-state index >= 15 is 0 Å². The number of rotatable bonds is 5. The zero-order valence-corrected chi connectivity index (χ0v) is 15.3. The Balaban J connectivity index is 2.05. The van der Waals surface area contributed by atoms with E-state index in [0.717, 1.165) is 5.41 Å². The molecule has 0 unspecified atom stereocenters. The van der Waals surface area contributed by atoms with Gasteiger partial charge in [0, 0.05) is 22.7 Å². The van der Waals surface area contributed by atoms with Gasteiger partial charge >= 0.3 is 0 Å². The molecule has 0 saturated heterocycles. The van der Waals surface area contributed by atoms with Crippen LogP contribution in [0, 0.1) is 0 Å². The number of para-hydroxylation sites is 1. The smallest absolute Gasteiger partial charge is 0.259 e. The summed E-state index contributed by atoms with van der Waals surface area (Å²) in [6, 6.07) is 13.3. The Labute approximate surface area is 152 Å². The average Bonchev–Trinajstić information content (AvgIpc) is 3.01. The van der Waals surface area contributed by atoms with Crippen molar-refractivity contribution in [3.8, 4) is 11.5 Å². The molecule has 0 fully saturated rings. The Morgan fingerprint density at radius 3 is 2.15 bits per heavy atom. The number of benzene rings is 2. The topological polar surface area (TPSA) is 72.9 Å². The van der Waals surface area contributed by atoms with E-state index < -0.39 is 15.9 Å². The standard InChI is InChI=1S/C19H19NO5S/c1-24-17-10-14(11-18(12-17)25-2)19(21)20(15-6-4-3-5-7-15)16-8-9-26(22,23)13-16/h3-12,16H,13H2,1-2H3/t16-/m1/s1. The van der Waals surface area contributed by atoms with Crippen molar-refractivity contribution in [3.63, 3.8) is 0 Å². The second-order valence-corrected chi connectivity index (χ2v) is 7.77. The first-order valence-corrected chi connectivity index (χ1v) is 9.68. The minimum Gasteiger partial charge on any atom is -0.497 e. The van der Waals surface area contributed by atoms with Crippen LogP contribution in [-0.4, -0.2) is 40.3 Å². The molecule has 6 nitrogen and oxygen atoms in total. The number of nitrogens with zero attached hydrogens (tertiary/aromatic N) is 1. The Hall–Kier alpha value is -2.80. The van der Waals surface area contributed by atoms with Gasteiger partial charge in [0.25, 0.3) is 5.91 Å². The SMILES string of the molecule is COc1cc(OC)cc(C(=O)N(c2ccccc2)[C@@H]2C=CS(=O)(=O)C2)c1. The molecule has 0 spiro atoms. The number of sulfone groups is 1. The summed E-state index contributed by atoms with van der Waals surface area (Å²) in [5, 5.41) is 1.16. The second-order valence-electron chi connectivity index (χ2n) is 5.84. The zero-order valence-electron chi connectivity index (χ0n) is 14.5. The van der Waals surface area contributed by atoms with Crippen molar-refractivity contribution < 1.29 is 22.7 Å². The van der Waals surface area contributed by atoms with Crippen molar-refractivity contribution in [2.24, 2.45) is 0 Å². The minimum atomic E-state index is -3.31. The van der Waals surface area contributed by atoms with Crippen LogP contribution in [0.25, 0.3) is 0 Å². The largest absolute Gasteiger partial charge is 0.497 e. The van der Waals surface area contributed by atoms with E-state index in [0.29, 0.717) is 22.7 Å². The van der Waals surface area contributed by atoms with Crippen LogP contribution < -0.4 is 14.4 Å². The third-order valence-corrected chi connectivity index (χ3v) is 5.47. The van der Waals surface area contributed by atoms with Gasteiger partial charge < -0.3 is 14.4 Å². The van der Waals surface area contributed by atoms with Crippen LogP contribution in [0.4, 0.5) is 5.69 Å². The monoisotopic (exact) mass is 373 g/mol. The highest BCUT2D eigenvalue weighted by Gasteiger charge is 2.32. The fourth-order valence-corrected chi connectivity index (χ4v) is 4.11. The van der Waals surface area contributed by atoms with E-state index in [1.807, 2.05) is 6.07 Å². The normalized spacial score (nSPS) is 17.7. The van der Waals surface area contributed by atoms with E-state index in [2.05, 4.69) is 0 Å². The van der Waals surface area contributed by atoms with E-state index in [1.54, 1.807) is 42.5 Å². The lowest BCUT2D eigenvalue weighted by molar-refractivity contribution is 0.0982. The van der Waals surface area contributed by atoms with E-state index in [9.17, 15) is 13.2 Å². The van der Waals surface area contributed by atoms with Crippen LogP contribution in [-0.2, 0) is 9.84 Å². The summed E-state index contributed by atoms with van der Waals surface area (Å²) in [5.74, 6) is 0.486. The lowest BCUT2D eigenvalue weighted by atomic mass is 10.1. The van der Waals surface area contributed by atoms with Crippen LogP contribution in [0.1, 0.15) is 10.4 Å². The van der Waals surface area contributed by atoms with E-state index in [-0.39, 0.29) is 11.7 Å². The minimum absolute atomic E-state index is 0.144. The van der Waals surface area contributed by atoms with Crippen molar-refractivity contribution in [2.45, 2.75) is 6.04 Å². The molecular formula is C19H19NO5S. The zero-order chi connectivity index (χ0) is 18.7. The molecule has 1 aliphatic rings. The highest BCUT2D eigenvalue weighted by atomic mass is 32.2. The number of hydrogen-bond donors (Lipinski definition) is 0. The number of carbonyl (C=O) groups is 1. The molecule has 7 heteroatoms. The molecule has 0 N–H and O–H groups in total. The molecule has 2 aromatic rings. The Morgan fingerprint density at radius 1 is 1.04 bits per heavy atom. The van der Waals surface area contributed by atoms with Gasteiger partial charge in [-0.15, -0.1) is 0 Å². The fourth-order valence-electron chi connectivity index (χ4n) is 2.84. The van der Waals surface area contributed by atoms with E-state index in [1.165, 1.54) is 25.2 Å². The molecular weight excluding hydrogens is 354 g/mol. The van der Waals surface area contributed by atoms with Gasteiger partial charge in [0.2, 0.25) is 0 Å². The van der Waals surface area contributed by atoms with Crippen LogP contribution in [0.15, 0.2) is 60.0 Å². The van der Waals surface area contributed by atoms with Gasteiger partial charge in [0.15, 0.2) is 9.84 Å². The van der Waals surface area contributed by atoms with Crippen molar-refractivity contribution >= 4 is 21.4 Å². The van der Waals surface area contributed by atoms with Crippen molar-refractivity contribution in [2.75, 3.05) is 24.9 Å². The third-order valence-electron chi connectivity index (χ3n) is 4.09. The lowest BCUT2D eigenvalue weighted by Gasteiger charge is -2.28. The fraction of sp³-hybridized carbons (Fsp3) is 0.211. The van der Waals surface area contributed by atoms with Crippen molar-refractivity contribution in [1.82, 2.24) is 0 Å². The predicted molar refractivity (Wildman–Crippen MR) is 99.5 cm³/mol. The highest BCUT2D eigenvalue weighted by Crippen LogP contribution is 2.28. The van der Waals surface area contributed by atoms with Crippen LogP contribution in [0.2, 0.25) is 0 Å². The number of amides is 1. The van der Waals surface area contributed by atoms with Crippen LogP contribution >= 0.6 is 0 Å². The van der Waals surface area contributed by atoms with Gasteiger partial charge in [-0.3, -0.25) is 4.79 Å². The molecule has 136 valence electrons. The Morgan fingerprint density at radius 2 is 1.65 bits per heavy atom. The molecule has 1 heterocycles. The van der Waals surface area contributed by atoms with Gasteiger partial charge in [-0.25, -0.2) is 8.42 Å². The molecule has 0 saturated carbocycles. The van der Waals surface area contributed by atoms with Gasteiger partial charge in [-0.2, -0.15) is 0 Å². The summed E-state index contributed by atoms with van der Waals surface area (Å²) in [4.78, 5) is 14.7. The molecule has 0 bridgehead atoms. The molecule has 0 radical (unpaired) electrons. The molecule has 1 amide bonds. The lowest BCUT2D eigenvalue weighted by Crippen LogP contribution is -2.41. The first kappa shape index (κ1) is 18.0. The van der Waals surface area contributed by atoms with Crippen molar-refractivity contribution in [3.05, 3.63) is 65.6 Å². The molecule has 3 rings (SSSR count). The Kier molecular flexibility index (Phi) is 4.99. The second kappa shape index (κ2) is 7.21. The average molecular weight is 373 g/mol. The van der Waals surface area contributed by atoms with Gasteiger partial charge in [-0.1, -0.05) is 18.2 Å². The number of ether oxygens (including phenoxy) is 2. The number of hydrogen-bond acceptors (Lipinski definition) is 5.